The van der Waals surface area contributed by atoms with E-state index in [1.807, 2.05) is 0 Å². The minimum absolute atomic E-state index is 0.250. The number of rotatable bonds is 6. The molecule has 1 aromatic rings. The topological polar surface area (TPSA) is 35.2 Å². The Labute approximate surface area is 115 Å². The molecule has 0 radical (unpaired) electrons. The van der Waals surface area contributed by atoms with Gasteiger partial charge in [0.1, 0.15) is 0 Å². The molecular weight excluding hydrogens is 242 g/mol. The summed E-state index contributed by atoms with van der Waals surface area (Å²) in [6, 6.07) is 2.42. The van der Waals surface area contributed by atoms with Crippen LogP contribution in [-0.4, -0.2) is 13.2 Å². The molecule has 0 spiro atoms. The summed E-state index contributed by atoms with van der Waals surface area (Å²) in [7, 11) is 0. The normalized spacial score (nSPS) is 19.0. The molecule has 1 fully saturated rings. The first kappa shape index (κ1) is 14.0. The zero-order valence-electron chi connectivity index (χ0n) is 11.4. The highest BCUT2D eigenvalue weighted by Gasteiger charge is 2.14. The molecule has 0 aliphatic carbocycles. The third-order valence-corrected chi connectivity index (χ3v) is 5.11. The predicted molar refractivity (Wildman–Crippen MR) is 78.0 cm³/mol. The van der Waals surface area contributed by atoms with Gasteiger partial charge in [0, 0.05) is 24.1 Å². The van der Waals surface area contributed by atoms with Gasteiger partial charge in [0.25, 0.3) is 0 Å². The molecule has 1 aromatic heterocycles. The number of thiophene rings is 1. The lowest BCUT2D eigenvalue weighted by Crippen LogP contribution is -2.15. The molecule has 3 heteroatoms. The molecule has 2 heterocycles. The Morgan fingerprint density at radius 1 is 1.39 bits per heavy atom. The lowest BCUT2D eigenvalue weighted by atomic mass is 9.93. The number of hydrogen-bond donors (Lipinski definition) is 1. The molecule has 18 heavy (non-hydrogen) atoms. The Balaban J connectivity index is 1.61. The van der Waals surface area contributed by atoms with E-state index in [9.17, 15) is 0 Å². The number of hydrogen-bond acceptors (Lipinski definition) is 3. The third kappa shape index (κ3) is 4.08. The zero-order valence-corrected chi connectivity index (χ0v) is 12.2. The Kier molecular flexibility index (Phi) is 5.67. The van der Waals surface area contributed by atoms with Gasteiger partial charge in [-0.3, -0.25) is 0 Å². The minimum atomic E-state index is 0.250. The van der Waals surface area contributed by atoms with Gasteiger partial charge in [-0.15, -0.1) is 11.3 Å². The highest BCUT2D eigenvalue weighted by Crippen LogP contribution is 2.27. The maximum atomic E-state index is 6.25. The number of unbranched alkanes of at least 4 members (excludes halogenated alkanes) is 1. The lowest BCUT2D eigenvalue weighted by Gasteiger charge is -2.22. The molecule has 1 saturated heterocycles. The van der Waals surface area contributed by atoms with Gasteiger partial charge < -0.3 is 10.5 Å². The molecule has 1 unspecified atom stereocenters. The van der Waals surface area contributed by atoms with Crippen molar-refractivity contribution in [2.45, 2.75) is 51.5 Å². The minimum Gasteiger partial charge on any atom is -0.381 e. The SMILES string of the molecule is Cc1ccsc1C(N)CCCCC1CCOCC1. The van der Waals surface area contributed by atoms with Gasteiger partial charge in [-0.1, -0.05) is 19.3 Å². The smallest absolute Gasteiger partial charge is 0.0468 e. The van der Waals surface area contributed by atoms with Crippen molar-refractivity contribution in [1.82, 2.24) is 0 Å². The summed E-state index contributed by atoms with van der Waals surface area (Å²) in [5, 5.41) is 2.15. The molecule has 102 valence electrons. The number of nitrogens with two attached hydrogens (primary N) is 1. The monoisotopic (exact) mass is 267 g/mol. The van der Waals surface area contributed by atoms with Crippen LogP contribution in [0.15, 0.2) is 11.4 Å². The van der Waals surface area contributed by atoms with Crippen molar-refractivity contribution in [3.63, 3.8) is 0 Å². The lowest BCUT2D eigenvalue weighted by molar-refractivity contribution is 0.0631. The molecular formula is C15H25NOS. The van der Waals surface area contributed by atoms with E-state index in [1.54, 1.807) is 11.3 Å². The molecule has 1 aliphatic heterocycles. The van der Waals surface area contributed by atoms with Crippen molar-refractivity contribution in [3.05, 3.63) is 21.9 Å². The van der Waals surface area contributed by atoms with Crippen molar-refractivity contribution in [3.8, 4) is 0 Å². The van der Waals surface area contributed by atoms with E-state index in [4.69, 9.17) is 10.5 Å². The Morgan fingerprint density at radius 3 is 2.83 bits per heavy atom. The molecule has 2 rings (SSSR count). The first-order valence-electron chi connectivity index (χ1n) is 7.14. The maximum absolute atomic E-state index is 6.25. The summed E-state index contributed by atoms with van der Waals surface area (Å²) in [6.07, 6.45) is 7.59. The van der Waals surface area contributed by atoms with E-state index >= 15 is 0 Å². The van der Waals surface area contributed by atoms with Gasteiger partial charge in [0.2, 0.25) is 0 Å². The average molecular weight is 267 g/mol. The van der Waals surface area contributed by atoms with E-state index in [0.717, 1.165) is 25.6 Å². The zero-order chi connectivity index (χ0) is 12.8. The third-order valence-electron chi connectivity index (χ3n) is 3.96. The van der Waals surface area contributed by atoms with E-state index in [2.05, 4.69) is 18.4 Å². The van der Waals surface area contributed by atoms with E-state index in [1.165, 1.54) is 42.5 Å². The van der Waals surface area contributed by atoms with Gasteiger partial charge in [-0.2, -0.15) is 0 Å². The first-order chi connectivity index (χ1) is 8.77. The highest BCUT2D eigenvalue weighted by atomic mass is 32.1. The largest absolute Gasteiger partial charge is 0.381 e. The molecule has 2 N–H and O–H groups in total. The molecule has 0 saturated carbocycles. The van der Waals surface area contributed by atoms with Gasteiger partial charge in [-0.25, -0.2) is 0 Å². The van der Waals surface area contributed by atoms with Crippen molar-refractivity contribution < 1.29 is 4.74 Å². The summed E-state index contributed by atoms with van der Waals surface area (Å²) in [6.45, 7) is 4.10. The van der Waals surface area contributed by atoms with Crippen molar-refractivity contribution >= 4 is 11.3 Å². The standard InChI is InChI=1S/C15H25NOS/c1-12-8-11-18-15(12)14(16)5-3-2-4-13-6-9-17-10-7-13/h8,11,13-14H,2-7,9-10,16H2,1H3. The summed E-state index contributed by atoms with van der Waals surface area (Å²) < 4.78 is 5.39. The highest BCUT2D eigenvalue weighted by molar-refractivity contribution is 7.10. The van der Waals surface area contributed by atoms with Crippen LogP contribution in [0.5, 0.6) is 0 Å². The van der Waals surface area contributed by atoms with Crippen molar-refractivity contribution in [1.29, 1.82) is 0 Å². The fraction of sp³-hybridized carbons (Fsp3) is 0.733. The van der Waals surface area contributed by atoms with Gasteiger partial charge in [-0.05, 0) is 49.1 Å². The van der Waals surface area contributed by atoms with E-state index in [0.29, 0.717) is 0 Å². The van der Waals surface area contributed by atoms with Crippen LogP contribution < -0.4 is 5.73 Å². The fourth-order valence-corrected chi connectivity index (χ4v) is 3.69. The fourth-order valence-electron chi connectivity index (χ4n) is 2.73. The Bertz CT molecular complexity index is 344. The predicted octanol–water partition coefficient (Wildman–Crippen LogP) is 4.04. The second kappa shape index (κ2) is 7.27. The summed E-state index contributed by atoms with van der Waals surface area (Å²) in [4.78, 5) is 1.38. The van der Waals surface area contributed by atoms with Gasteiger partial charge >= 0.3 is 0 Å². The number of aryl methyl sites for hydroxylation is 1. The van der Waals surface area contributed by atoms with Crippen LogP contribution in [-0.2, 0) is 4.74 Å². The second-order valence-corrected chi connectivity index (χ2v) is 6.36. The number of ether oxygens (including phenoxy) is 1. The van der Waals surface area contributed by atoms with Crippen molar-refractivity contribution in [2.75, 3.05) is 13.2 Å². The molecule has 1 aliphatic rings. The Hall–Kier alpha value is -0.380. The summed E-state index contributed by atoms with van der Waals surface area (Å²) in [5.74, 6) is 0.901. The van der Waals surface area contributed by atoms with Crippen LogP contribution in [0.25, 0.3) is 0 Å². The van der Waals surface area contributed by atoms with Crippen LogP contribution in [0, 0.1) is 12.8 Å². The van der Waals surface area contributed by atoms with Crippen LogP contribution >= 0.6 is 11.3 Å². The second-order valence-electron chi connectivity index (χ2n) is 5.41. The molecule has 0 amide bonds. The Morgan fingerprint density at radius 2 is 2.17 bits per heavy atom. The van der Waals surface area contributed by atoms with Gasteiger partial charge in [0.15, 0.2) is 0 Å². The van der Waals surface area contributed by atoms with Crippen LogP contribution in [0.1, 0.15) is 55.0 Å². The molecule has 1 atom stereocenters. The molecule has 2 nitrogen and oxygen atoms in total. The summed E-state index contributed by atoms with van der Waals surface area (Å²) in [5.41, 5.74) is 7.61. The van der Waals surface area contributed by atoms with Crippen LogP contribution in [0.2, 0.25) is 0 Å². The van der Waals surface area contributed by atoms with Crippen LogP contribution in [0.4, 0.5) is 0 Å². The maximum Gasteiger partial charge on any atom is 0.0468 e. The van der Waals surface area contributed by atoms with E-state index in [-0.39, 0.29) is 6.04 Å². The molecule has 0 bridgehead atoms. The summed E-state index contributed by atoms with van der Waals surface area (Å²) >= 11 is 1.80. The van der Waals surface area contributed by atoms with Crippen LogP contribution in [0.3, 0.4) is 0 Å². The average Bonchev–Trinajstić information content (AvgIpc) is 2.82. The quantitative estimate of drug-likeness (QED) is 0.789. The first-order valence-corrected chi connectivity index (χ1v) is 8.02. The van der Waals surface area contributed by atoms with Gasteiger partial charge in [0.05, 0.1) is 0 Å². The molecule has 0 aromatic carbocycles. The van der Waals surface area contributed by atoms with Crippen molar-refractivity contribution in [2.24, 2.45) is 11.7 Å². The van der Waals surface area contributed by atoms with E-state index < -0.39 is 0 Å².